The SMILES string of the molecule is COC(=O)NC1C[C@]1(C(=O)O)C(C)C. The van der Waals surface area contributed by atoms with E-state index in [2.05, 4.69) is 10.1 Å². The Hall–Kier alpha value is -1.26. The van der Waals surface area contributed by atoms with Crippen molar-refractivity contribution in [1.82, 2.24) is 5.32 Å². The maximum atomic E-state index is 11.0. The molecule has 0 aliphatic heterocycles. The number of aliphatic carboxylic acids is 1. The maximum Gasteiger partial charge on any atom is 0.407 e. The molecule has 0 aromatic heterocycles. The van der Waals surface area contributed by atoms with Crippen LogP contribution in [-0.2, 0) is 9.53 Å². The molecule has 5 heteroatoms. The Morgan fingerprint density at radius 1 is 1.57 bits per heavy atom. The summed E-state index contributed by atoms with van der Waals surface area (Å²) in [6.45, 7) is 3.68. The van der Waals surface area contributed by atoms with E-state index in [0.717, 1.165) is 0 Å². The molecule has 1 rings (SSSR count). The summed E-state index contributed by atoms with van der Waals surface area (Å²) < 4.78 is 4.41. The van der Waals surface area contributed by atoms with Crippen molar-refractivity contribution in [2.45, 2.75) is 26.3 Å². The summed E-state index contributed by atoms with van der Waals surface area (Å²) in [5.74, 6) is -0.851. The van der Waals surface area contributed by atoms with Gasteiger partial charge in [-0.1, -0.05) is 13.8 Å². The summed E-state index contributed by atoms with van der Waals surface area (Å²) in [6.07, 6.45) is -0.0893. The van der Waals surface area contributed by atoms with Gasteiger partial charge >= 0.3 is 12.1 Å². The zero-order valence-electron chi connectivity index (χ0n) is 8.53. The van der Waals surface area contributed by atoms with Gasteiger partial charge in [-0.05, 0) is 12.3 Å². The highest BCUT2D eigenvalue weighted by Crippen LogP contribution is 2.52. The average Bonchev–Trinajstić information content (AvgIpc) is 2.80. The molecule has 2 atom stereocenters. The number of methoxy groups -OCH3 is 1. The molecule has 0 saturated heterocycles. The molecule has 80 valence electrons. The summed E-state index contributed by atoms with van der Waals surface area (Å²) in [4.78, 5) is 21.9. The summed E-state index contributed by atoms with van der Waals surface area (Å²) in [7, 11) is 1.26. The van der Waals surface area contributed by atoms with Gasteiger partial charge in [0.1, 0.15) is 0 Å². The standard InChI is InChI=1S/C9H15NO4/c1-5(2)9(7(11)12)4-6(9)10-8(13)14-3/h5-6H,4H2,1-3H3,(H,10,13)(H,11,12)/t6?,9-/m0/s1. The first-order chi connectivity index (χ1) is 6.45. The van der Waals surface area contributed by atoms with E-state index in [1.807, 2.05) is 13.8 Å². The number of nitrogens with one attached hydrogen (secondary N) is 1. The second kappa shape index (κ2) is 3.48. The van der Waals surface area contributed by atoms with Gasteiger partial charge in [-0.15, -0.1) is 0 Å². The number of alkyl carbamates (subject to hydrolysis) is 1. The van der Waals surface area contributed by atoms with Crippen LogP contribution in [0.4, 0.5) is 4.79 Å². The summed E-state index contributed by atoms with van der Waals surface area (Å²) in [6, 6.07) is -0.299. The number of ether oxygens (including phenoxy) is 1. The van der Waals surface area contributed by atoms with Gasteiger partial charge in [0.15, 0.2) is 0 Å². The summed E-state index contributed by atoms with van der Waals surface area (Å²) >= 11 is 0. The van der Waals surface area contributed by atoms with Crippen molar-refractivity contribution in [2.75, 3.05) is 7.11 Å². The van der Waals surface area contributed by atoms with Crippen LogP contribution in [0, 0.1) is 11.3 Å². The van der Waals surface area contributed by atoms with Gasteiger partial charge in [0.25, 0.3) is 0 Å². The van der Waals surface area contributed by atoms with Gasteiger partial charge in [0.05, 0.1) is 12.5 Å². The highest BCUT2D eigenvalue weighted by Gasteiger charge is 2.63. The molecule has 0 bridgehead atoms. The fourth-order valence-corrected chi connectivity index (χ4v) is 1.78. The molecule has 14 heavy (non-hydrogen) atoms. The lowest BCUT2D eigenvalue weighted by molar-refractivity contribution is -0.145. The molecule has 1 aliphatic rings. The van der Waals surface area contributed by atoms with Gasteiger partial charge < -0.3 is 15.2 Å². The number of hydrogen-bond donors (Lipinski definition) is 2. The predicted molar refractivity (Wildman–Crippen MR) is 48.9 cm³/mol. The van der Waals surface area contributed by atoms with Crippen LogP contribution < -0.4 is 5.32 Å². The first-order valence-electron chi connectivity index (χ1n) is 4.53. The van der Waals surface area contributed by atoms with E-state index in [0.29, 0.717) is 6.42 Å². The zero-order chi connectivity index (χ0) is 10.9. The van der Waals surface area contributed by atoms with Crippen LogP contribution in [0.5, 0.6) is 0 Å². The fourth-order valence-electron chi connectivity index (χ4n) is 1.78. The molecule has 0 aromatic rings. The lowest BCUT2D eigenvalue weighted by Gasteiger charge is -2.16. The molecular formula is C9H15NO4. The van der Waals surface area contributed by atoms with Crippen LogP contribution in [-0.4, -0.2) is 30.3 Å². The summed E-state index contributed by atoms with van der Waals surface area (Å²) in [5, 5.41) is 11.6. The number of carboxylic acid groups (broad SMARTS) is 1. The van der Waals surface area contributed by atoms with E-state index in [1.165, 1.54) is 7.11 Å². The van der Waals surface area contributed by atoms with Crippen molar-refractivity contribution in [2.24, 2.45) is 11.3 Å². The Kier molecular flexibility index (Phi) is 2.69. The molecule has 0 spiro atoms. The lowest BCUT2D eigenvalue weighted by atomic mass is 9.92. The molecule has 0 heterocycles. The first-order valence-corrected chi connectivity index (χ1v) is 4.53. The van der Waals surface area contributed by atoms with Crippen molar-refractivity contribution in [1.29, 1.82) is 0 Å². The molecule has 1 unspecified atom stereocenters. The van der Waals surface area contributed by atoms with E-state index < -0.39 is 17.5 Å². The van der Waals surface area contributed by atoms with E-state index >= 15 is 0 Å². The Bertz CT molecular complexity index is 264. The van der Waals surface area contributed by atoms with E-state index in [-0.39, 0.29) is 12.0 Å². The number of carbonyl (C=O) groups is 2. The van der Waals surface area contributed by atoms with Crippen LogP contribution in [0.2, 0.25) is 0 Å². The second-order valence-corrected chi connectivity index (χ2v) is 3.89. The van der Waals surface area contributed by atoms with Crippen molar-refractivity contribution < 1.29 is 19.4 Å². The van der Waals surface area contributed by atoms with Gasteiger partial charge in [-0.3, -0.25) is 4.79 Å². The highest BCUT2D eigenvalue weighted by molar-refractivity contribution is 5.82. The molecule has 1 amide bonds. The number of carboxylic acids is 1. The van der Waals surface area contributed by atoms with Gasteiger partial charge in [-0.2, -0.15) is 0 Å². The first kappa shape index (κ1) is 10.8. The Labute approximate surface area is 82.4 Å². The second-order valence-electron chi connectivity index (χ2n) is 3.89. The van der Waals surface area contributed by atoms with Crippen molar-refractivity contribution in [3.05, 3.63) is 0 Å². The van der Waals surface area contributed by atoms with Crippen molar-refractivity contribution in [3.8, 4) is 0 Å². The average molecular weight is 201 g/mol. The Morgan fingerprint density at radius 3 is 2.43 bits per heavy atom. The van der Waals surface area contributed by atoms with E-state index in [1.54, 1.807) is 0 Å². The molecule has 5 nitrogen and oxygen atoms in total. The minimum absolute atomic E-state index is 0.00200. The maximum absolute atomic E-state index is 11.0. The minimum Gasteiger partial charge on any atom is -0.481 e. The van der Waals surface area contributed by atoms with Crippen LogP contribution in [0.1, 0.15) is 20.3 Å². The number of hydrogen-bond acceptors (Lipinski definition) is 3. The molecule has 1 saturated carbocycles. The molecule has 1 fully saturated rings. The van der Waals surface area contributed by atoms with Gasteiger partial charge in [-0.25, -0.2) is 4.79 Å². The van der Waals surface area contributed by atoms with Crippen LogP contribution in [0.3, 0.4) is 0 Å². The molecule has 0 aromatic carbocycles. The third-order valence-corrected chi connectivity index (χ3v) is 2.91. The Morgan fingerprint density at radius 2 is 2.14 bits per heavy atom. The fraction of sp³-hybridized carbons (Fsp3) is 0.778. The normalized spacial score (nSPS) is 29.9. The topological polar surface area (TPSA) is 75.6 Å². The molecular weight excluding hydrogens is 186 g/mol. The van der Waals surface area contributed by atoms with Crippen molar-refractivity contribution >= 4 is 12.1 Å². The largest absolute Gasteiger partial charge is 0.481 e. The third-order valence-electron chi connectivity index (χ3n) is 2.91. The smallest absolute Gasteiger partial charge is 0.407 e. The predicted octanol–water partition coefficient (Wildman–Crippen LogP) is 0.842. The Balaban J connectivity index is 2.62. The zero-order valence-corrected chi connectivity index (χ0v) is 8.53. The summed E-state index contributed by atoms with van der Waals surface area (Å²) in [5.41, 5.74) is -0.797. The lowest BCUT2D eigenvalue weighted by Crippen LogP contribution is -2.35. The number of carbonyl (C=O) groups excluding carboxylic acids is 1. The highest BCUT2D eigenvalue weighted by atomic mass is 16.5. The van der Waals surface area contributed by atoms with Gasteiger partial charge in [0, 0.05) is 6.04 Å². The van der Waals surface area contributed by atoms with E-state index in [4.69, 9.17) is 5.11 Å². The van der Waals surface area contributed by atoms with Crippen LogP contribution in [0.25, 0.3) is 0 Å². The van der Waals surface area contributed by atoms with Gasteiger partial charge in [0.2, 0.25) is 0 Å². The minimum atomic E-state index is -0.853. The monoisotopic (exact) mass is 201 g/mol. The molecule has 2 N–H and O–H groups in total. The number of rotatable bonds is 3. The van der Waals surface area contributed by atoms with E-state index in [9.17, 15) is 9.59 Å². The number of amides is 1. The third kappa shape index (κ3) is 1.54. The quantitative estimate of drug-likeness (QED) is 0.709. The van der Waals surface area contributed by atoms with Crippen molar-refractivity contribution in [3.63, 3.8) is 0 Å². The van der Waals surface area contributed by atoms with Crippen LogP contribution >= 0.6 is 0 Å². The molecule has 0 radical (unpaired) electrons. The molecule has 1 aliphatic carbocycles. The van der Waals surface area contributed by atoms with Crippen LogP contribution in [0.15, 0.2) is 0 Å².